The highest BCUT2D eigenvalue weighted by molar-refractivity contribution is 5.49. The molecule has 1 saturated heterocycles. The van der Waals surface area contributed by atoms with Crippen molar-refractivity contribution in [3.8, 4) is 0 Å². The molecule has 3 heteroatoms. The standard InChI is InChI=1S/C15H24N2O/c1-4-18-15-9-10-17(11-15)14-7-5-13(6-8-14)12(2)16-3/h5-8,12,15-16H,4,9-11H2,1-3H3/t12?,15-/m1/s1. The van der Waals surface area contributed by atoms with Gasteiger partial charge in [-0.15, -0.1) is 0 Å². The second kappa shape index (κ2) is 6.21. The van der Waals surface area contributed by atoms with E-state index in [1.807, 2.05) is 7.05 Å². The molecule has 2 rings (SSSR count). The average molecular weight is 248 g/mol. The van der Waals surface area contributed by atoms with E-state index in [9.17, 15) is 0 Å². The molecule has 1 aromatic carbocycles. The Bertz CT molecular complexity index is 363. The fourth-order valence-electron chi connectivity index (χ4n) is 2.47. The average Bonchev–Trinajstić information content (AvgIpc) is 2.87. The molecule has 1 N–H and O–H groups in total. The minimum absolute atomic E-state index is 0.408. The van der Waals surface area contributed by atoms with Crippen LogP contribution in [-0.4, -0.2) is 32.8 Å². The summed E-state index contributed by atoms with van der Waals surface area (Å²) in [6, 6.07) is 9.28. The first-order valence-electron chi connectivity index (χ1n) is 6.88. The second-order valence-electron chi connectivity index (χ2n) is 4.91. The zero-order valence-corrected chi connectivity index (χ0v) is 11.6. The van der Waals surface area contributed by atoms with Crippen LogP contribution in [-0.2, 0) is 4.74 Å². The van der Waals surface area contributed by atoms with E-state index in [-0.39, 0.29) is 0 Å². The molecule has 1 unspecified atom stereocenters. The number of hydrogen-bond acceptors (Lipinski definition) is 3. The van der Waals surface area contributed by atoms with Gasteiger partial charge in [0.25, 0.3) is 0 Å². The van der Waals surface area contributed by atoms with Crippen molar-refractivity contribution in [2.75, 3.05) is 31.6 Å². The summed E-state index contributed by atoms with van der Waals surface area (Å²) in [5, 5.41) is 3.26. The lowest BCUT2D eigenvalue weighted by atomic mass is 10.1. The molecule has 0 aromatic heterocycles. The van der Waals surface area contributed by atoms with E-state index in [1.165, 1.54) is 11.3 Å². The van der Waals surface area contributed by atoms with Crippen molar-refractivity contribution >= 4 is 5.69 Å². The maximum Gasteiger partial charge on any atom is 0.0766 e. The Morgan fingerprint density at radius 2 is 2.11 bits per heavy atom. The first kappa shape index (κ1) is 13.4. The van der Waals surface area contributed by atoms with E-state index >= 15 is 0 Å². The number of nitrogens with zero attached hydrogens (tertiary/aromatic N) is 1. The molecule has 1 aliphatic heterocycles. The topological polar surface area (TPSA) is 24.5 Å². The predicted molar refractivity (Wildman–Crippen MR) is 76.2 cm³/mol. The molecule has 0 aliphatic carbocycles. The smallest absolute Gasteiger partial charge is 0.0766 e. The molecule has 3 nitrogen and oxygen atoms in total. The van der Waals surface area contributed by atoms with Crippen molar-refractivity contribution < 1.29 is 4.74 Å². The zero-order chi connectivity index (χ0) is 13.0. The number of nitrogens with one attached hydrogen (secondary N) is 1. The van der Waals surface area contributed by atoms with Gasteiger partial charge in [-0.3, -0.25) is 0 Å². The van der Waals surface area contributed by atoms with Gasteiger partial charge in [-0.1, -0.05) is 12.1 Å². The van der Waals surface area contributed by atoms with Gasteiger partial charge in [0.15, 0.2) is 0 Å². The third-order valence-corrected chi connectivity index (χ3v) is 3.74. The van der Waals surface area contributed by atoms with Crippen LogP contribution in [0.5, 0.6) is 0 Å². The monoisotopic (exact) mass is 248 g/mol. The molecule has 18 heavy (non-hydrogen) atoms. The van der Waals surface area contributed by atoms with Crippen LogP contribution in [0, 0.1) is 0 Å². The Morgan fingerprint density at radius 1 is 1.39 bits per heavy atom. The first-order chi connectivity index (χ1) is 8.74. The van der Waals surface area contributed by atoms with Crippen LogP contribution in [0.3, 0.4) is 0 Å². The van der Waals surface area contributed by atoms with Crippen molar-refractivity contribution in [3.05, 3.63) is 29.8 Å². The molecule has 1 aromatic rings. The second-order valence-corrected chi connectivity index (χ2v) is 4.91. The van der Waals surface area contributed by atoms with Crippen molar-refractivity contribution in [3.63, 3.8) is 0 Å². The number of rotatable bonds is 5. The molecule has 0 saturated carbocycles. The minimum Gasteiger partial charge on any atom is -0.377 e. The summed E-state index contributed by atoms with van der Waals surface area (Å²) in [5.74, 6) is 0. The third kappa shape index (κ3) is 3.03. The van der Waals surface area contributed by atoms with E-state index in [0.717, 1.165) is 26.1 Å². The predicted octanol–water partition coefficient (Wildman–Crippen LogP) is 2.58. The largest absolute Gasteiger partial charge is 0.377 e. The Morgan fingerprint density at radius 3 is 2.72 bits per heavy atom. The summed E-state index contributed by atoms with van der Waals surface area (Å²) >= 11 is 0. The Hall–Kier alpha value is -1.06. The number of ether oxygens (including phenoxy) is 1. The van der Waals surface area contributed by atoms with Crippen LogP contribution >= 0.6 is 0 Å². The van der Waals surface area contributed by atoms with E-state index in [1.54, 1.807) is 0 Å². The van der Waals surface area contributed by atoms with Gasteiger partial charge in [0.1, 0.15) is 0 Å². The van der Waals surface area contributed by atoms with Crippen LogP contribution in [0.15, 0.2) is 24.3 Å². The molecular weight excluding hydrogens is 224 g/mol. The maximum atomic E-state index is 5.68. The number of benzene rings is 1. The lowest BCUT2D eigenvalue weighted by Crippen LogP contribution is -2.22. The third-order valence-electron chi connectivity index (χ3n) is 3.74. The number of anilines is 1. The van der Waals surface area contributed by atoms with E-state index in [4.69, 9.17) is 4.74 Å². The van der Waals surface area contributed by atoms with Gasteiger partial charge >= 0.3 is 0 Å². The van der Waals surface area contributed by atoms with Crippen LogP contribution in [0.25, 0.3) is 0 Å². The molecule has 0 bridgehead atoms. The van der Waals surface area contributed by atoms with Gasteiger partial charge in [-0.25, -0.2) is 0 Å². The van der Waals surface area contributed by atoms with Crippen molar-refractivity contribution in [2.24, 2.45) is 0 Å². The van der Waals surface area contributed by atoms with Gasteiger partial charge in [0.2, 0.25) is 0 Å². The van der Waals surface area contributed by atoms with Gasteiger partial charge in [0, 0.05) is 31.4 Å². The van der Waals surface area contributed by atoms with E-state index in [0.29, 0.717) is 12.1 Å². The van der Waals surface area contributed by atoms with Gasteiger partial charge in [-0.2, -0.15) is 0 Å². The van der Waals surface area contributed by atoms with Crippen LogP contribution in [0.2, 0.25) is 0 Å². The van der Waals surface area contributed by atoms with Crippen LogP contribution in [0.4, 0.5) is 5.69 Å². The maximum absolute atomic E-state index is 5.68. The molecule has 100 valence electrons. The summed E-state index contributed by atoms with van der Waals surface area (Å²) in [4.78, 5) is 2.41. The summed E-state index contributed by atoms with van der Waals surface area (Å²) in [5.41, 5.74) is 2.64. The highest BCUT2D eigenvalue weighted by atomic mass is 16.5. The number of hydrogen-bond donors (Lipinski definition) is 1. The first-order valence-corrected chi connectivity index (χ1v) is 6.88. The van der Waals surface area contributed by atoms with Crippen molar-refractivity contribution in [1.82, 2.24) is 5.32 Å². The molecule has 2 atom stereocenters. The molecule has 0 spiro atoms. The van der Waals surface area contributed by atoms with Gasteiger partial charge in [-0.05, 0) is 45.0 Å². The summed E-state index contributed by atoms with van der Waals surface area (Å²) in [6.07, 6.45) is 1.55. The Labute approximate surface area is 110 Å². The summed E-state index contributed by atoms with van der Waals surface area (Å²) in [7, 11) is 1.99. The normalized spacial score (nSPS) is 21.3. The van der Waals surface area contributed by atoms with Crippen LogP contribution < -0.4 is 10.2 Å². The molecule has 1 heterocycles. The molecular formula is C15H24N2O. The zero-order valence-electron chi connectivity index (χ0n) is 11.6. The molecule has 1 fully saturated rings. The highest BCUT2D eigenvalue weighted by Gasteiger charge is 2.22. The minimum atomic E-state index is 0.408. The molecule has 0 amide bonds. The Balaban J connectivity index is 1.98. The van der Waals surface area contributed by atoms with Gasteiger partial charge in [0.05, 0.1) is 6.10 Å². The van der Waals surface area contributed by atoms with Gasteiger partial charge < -0.3 is 15.0 Å². The van der Waals surface area contributed by atoms with Crippen molar-refractivity contribution in [2.45, 2.75) is 32.4 Å². The van der Waals surface area contributed by atoms with Crippen molar-refractivity contribution in [1.29, 1.82) is 0 Å². The quantitative estimate of drug-likeness (QED) is 0.867. The highest BCUT2D eigenvalue weighted by Crippen LogP contribution is 2.23. The van der Waals surface area contributed by atoms with Crippen LogP contribution in [0.1, 0.15) is 31.9 Å². The molecule has 1 aliphatic rings. The lowest BCUT2D eigenvalue weighted by molar-refractivity contribution is 0.0787. The fraction of sp³-hybridized carbons (Fsp3) is 0.600. The van der Waals surface area contributed by atoms with E-state index in [2.05, 4.69) is 48.3 Å². The SMILES string of the molecule is CCO[C@@H]1CCN(c2ccc(C(C)NC)cc2)C1. The molecule has 0 radical (unpaired) electrons. The Kier molecular flexibility index (Phi) is 4.61. The fourth-order valence-corrected chi connectivity index (χ4v) is 2.47. The lowest BCUT2D eigenvalue weighted by Gasteiger charge is -2.20. The summed E-state index contributed by atoms with van der Waals surface area (Å²) < 4.78 is 5.68. The van der Waals surface area contributed by atoms with E-state index < -0.39 is 0 Å². The summed E-state index contributed by atoms with van der Waals surface area (Å²) in [6.45, 7) is 7.18.